The van der Waals surface area contributed by atoms with Crippen molar-refractivity contribution >= 4 is 5.78 Å². The molecule has 4 rings (SSSR count). The number of benzene rings is 3. The van der Waals surface area contributed by atoms with Crippen molar-refractivity contribution in [2.45, 2.75) is 45.4 Å². The van der Waals surface area contributed by atoms with Gasteiger partial charge in [0.25, 0.3) is 0 Å². The van der Waals surface area contributed by atoms with E-state index in [2.05, 4.69) is 60.0 Å². The van der Waals surface area contributed by atoms with Gasteiger partial charge in [-0.3, -0.25) is 14.6 Å². The molecule has 0 spiro atoms. The maximum atomic E-state index is 13.3. The van der Waals surface area contributed by atoms with Crippen LogP contribution in [0.2, 0.25) is 0 Å². The minimum Gasteiger partial charge on any atom is -0.295 e. The second-order valence-electron chi connectivity index (χ2n) is 8.94. The highest BCUT2D eigenvalue weighted by Gasteiger charge is 2.34. The van der Waals surface area contributed by atoms with Crippen LogP contribution in [0.5, 0.6) is 0 Å². The van der Waals surface area contributed by atoms with Crippen LogP contribution in [0, 0.1) is 5.82 Å². The fraction of sp³-hybridized carbons (Fsp3) is 0.321. The van der Waals surface area contributed by atoms with Crippen LogP contribution in [0.1, 0.15) is 53.9 Å². The van der Waals surface area contributed by atoms with Crippen molar-refractivity contribution in [3.8, 4) is 0 Å². The largest absolute Gasteiger partial charge is 0.295 e. The van der Waals surface area contributed by atoms with E-state index in [1.54, 1.807) is 6.92 Å². The summed E-state index contributed by atoms with van der Waals surface area (Å²) in [5.74, 6) is -0.106. The van der Waals surface area contributed by atoms with Gasteiger partial charge in [-0.05, 0) is 49.6 Å². The summed E-state index contributed by atoms with van der Waals surface area (Å²) in [4.78, 5) is 16.8. The van der Waals surface area contributed by atoms with E-state index in [0.29, 0.717) is 12.1 Å². The molecule has 1 fully saturated rings. The van der Waals surface area contributed by atoms with Crippen molar-refractivity contribution in [1.29, 1.82) is 0 Å². The molecule has 166 valence electrons. The summed E-state index contributed by atoms with van der Waals surface area (Å²) >= 11 is 0. The monoisotopic (exact) mass is 430 g/mol. The van der Waals surface area contributed by atoms with Gasteiger partial charge >= 0.3 is 0 Å². The molecule has 1 heterocycles. The summed E-state index contributed by atoms with van der Waals surface area (Å²) in [6.07, 6.45) is 0. The fourth-order valence-electron chi connectivity index (χ4n) is 4.74. The van der Waals surface area contributed by atoms with Gasteiger partial charge in [0.1, 0.15) is 5.82 Å². The maximum Gasteiger partial charge on any atom is 0.159 e. The van der Waals surface area contributed by atoms with Crippen LogP contribution in [0.4, 0.5) is 4.39 Å². The van der Waals surface area contributed by atoms with E-state index in [9.17, 15) is 9.18 Å². The molecule has 0 radical (unpaired) electrons. The maximum absolute atomic E-state index is 13.3. The van der Waals surface area contributed by atoms with Crippen molar-refractivity contribution in [2.75, 3.05) is 13.1 Å². The summed E-state index contributed by atoms with van der Waals surface area (Å²) < 4.78 is 13.3. The van der Waals surface area contributed by atoms with Crippen molar-refractivity contribution in [2.24, 2.45) is 0 Å². The minimum absolute atomic E-state index is 0.0872. The van der Waals surface area contributed by atoms with E-state index in [0.717, 1.165) is 30.8 Å². The van der Waals surface area contributed by atoms with E-state index in [4.69, 9.17) is 0 Å². The number of piperazine rings is 1. The van der Waals surface area contributed by atoms with E-state index >= 15 is 0 Å². The lowest BCUT2D eigenvalue weighted by molar-refractivity contribution is 0.0195. The number of Topliss-reactive ketones (excluding diaryl/α,β-unsaturated/α-hetero) is 1. The molecular weight excluding hydrogens is 399 g/mol. The van der Waals surface area contributed by atoms with Gasteiger partial charge in [-0.25, -0.2) is 4.39 Å². The lowest BCUT2D eigenvalue weighted by Gasteiger charge is -2.47. The van der Waals surface area contributed by atoms with Crippen LogP contribution in [0.3, 0.4) is 0 Å². The third-order valence-corrected chi connectivity index (χ3v) is 6.54. The highest BCUT2D eigenvalue weighted by atomic mass is 19.1. The number of carbonyl (C=O) groups is 1. The van der Waals surface area contributed by atoms with E-state index in [1.165, 1.54) is 23.3 Å². The van der Waals surface area contributed by atoms with Crippen LogP contribution in [-0.2, 0) is 6.54 Å². The van der Waals surface area contributed by atoms with Gasteiger partial charge in [0.05, 0.1) is 6.04 Å². The third kappa shape index (κ3) is 4.98. The molecule has 32 heavy (non-hydrogen) atoms. The first kappa shape index (κ1) is 22.4. The Hall–Kier alpha value is -2.82. The first-order chi connectivity index (χ1) is 15.4. The SMILES string of the molecule is CC(=O)c1ccc(C(c2ccccc2)N2CC(C)N(Cc3ccc(F)cc3)CC2C)cc1. The minimum atomic E-state index is -0.193. The molecule has 1 aliphatic rings. The lowest BCUT2D eigenvalue weighted by atomic mass is 9.92. The third-order valence-electron chi connectivity index (χ3n) is 6.54. The number of hydrogen-bond donors (Lipinski definition) is 0. The van der Waals surface area contributed by atoms with Gasteiger partial charge < -0.3 is 0 Å². The zero-order chi connectivity index (χ0) is 22.7. The van der Waals surface area contributed by atoms with Crippen LogP contribution in [0.25, 0.3) is 0 Å². The van der Waals surface area contributed by atoms with Crippen molar-refractivity contribution in [3.05, 3.63) is 107 Å². The van der Waals surface area contributed by atoms with Crippen molar-refractivity contribution < 1.29 is 9.18 Å². The second kappa shape index (κ2) is 9.76. The van der Waals surface area contributed by atoms with E-state index < -0.39 is 0 Å². The molecule has 4 heteroatoms. The smallest absolute Gasteiger partial charge is 0.159 e. The summed E-state index contributed by atoms with van der Waals surface area (Å²) in [5.41, 5.74) is 4.34. The van der Waals surface area contributed by atoms with Crippen LogP contribution < -0.4 is 0 Å². The quantitative estimate of drug-likeness (QED) is 0.468. The van der Waals surface area contributed by atoms with Gasteiger partial charge in [0, 0.05) is 37.3 Å². The Morgan fingerprint density at radius 3 is 2.12 bits per heavy atom. The first-order valence-electron chi connectivity index (χ1n) is 11.3. The molecule has 3 nitrogen and oxygen atoms in total. The summed E-state index contributed by atoms with van der Waals surface area (Å²) in [5, 5.41) is 0. The molecule has 0 bridgehead atoms. The predicted octanol–water partition coefficient (Wildman–Crippen LogP) is 5.71. The van der Waals surface area contributed by atoms with Gasteiger partial charge in [-0.1, -0.05) is 66.7 Å². The molecule has 3 aromatic rings. The lowest BCUT2D eigenvalue weighted by Crippen LogP contribution is -2.56. The van der Waals surface area contributed by atoms with Crippen LogP contribution in [-0.4, -0.2) is 40.8 Å². The molecule has 3 atom stereocenters. The molecular formula is C28H31FN2O. The number of hydrogen-bond acceptors (Lipinski definition) is 3. The van der Waals surface area contributed by atoms with Crippen LogP contribution >= 0.6 is 0 Å². The fourth-order valence-corrected chi connectivity index (χ4v) is 4.74. The Labute approximate surface area is 190 Å². The van der Waals surface area contributed by atoms with E-state index in [1.807, 2.05) is 30.3 Å². The number of halogens is 1. The predicted molar refractivity (Wildman–Crippen MR) is 127 cm³/mol. The Kier molecular flexibility index (Phi) is 6.83. The highest BCUT2D eigenvalue weighted by molar-refractivity contribution is 5.94. The van der Waals surface area contributed by atoms with Gasteiger partial charge in [0.15, 0.2) is 5.78 Å². The number of carbonyl (C=O) groups excluding carboxylic acids is 1. The average molecular weight is 431 g/mol. The molecule has 1 saturated heterocycles. The molecule has 0 aliphatic carbocycles. The second-order valence-corrected chi connectivity index (χ2v) is 8.94. The number of nitrogens with zero attached hydrogens (tertiary/aromatic N) is 2. The van der Waals surface area contributed by atoms with Crippen molar-refractivity contribution in [3.63, 3.8) is 0 Å². The number of ketones is 1. The molecule has 3 aromatic carbocycles. The Morgan fingerprint density at radius 1 is 0.875 bits per heavy atom. The normalized spacial score (nSPS) is 20.8. The Bertz CT molecular complexity index is 1030. The first-order valence-corrected chi connectivity index (χ1v) is 11.3. The van der Waals surface area contributed by atoms with Gasteiger partial charge in [0.2, 0.25) is 0 Å². The van der Waals surface area contributed by atoms with Crippen molar-refractivity contribution in [1.82, 2.24) is 9.80 Å². The molecule has 0 amide bonds. The molecule has 0 N–H and O–H groups in total. The van der Waals surface area contributed by atoms with E-state index in [-0.39, 0.29) is 17.6 Å². The zero-order valence-corrected chi connectivity index (χ0v) is 19.0. The zero-order valence-electron chi connectivity index (χ0n) is 19.0. The topological polar surface area (TPSA) is 23.6 Å². The molecule has 1 aliphatic heterocycles. The Balaban J connectivity index is 1.59. The average Bonchev–Trinajstić information content (AvgIpc) is 2.80. The highest BCUT2D eigenvalue weighted by Crippen LogP contribution is 2.33. The molecule has 3 unspecified atom stereocenters. The number of rotatable bonds is 6. The summed E-state index contributed by atoms with van der Waals surface area (Å²) in [7, 11) is 0. The molecule has 0 aromatic heterocycles. The van der Waals surface area contributed by atoms with Crippen LogP contribution in [0.15, 0.2) is 78.9 Å². The summed E-state index contributed by atoms with van der Waals surface area (Å²) in [6.45, 7) is 8.84. The van der Waals surface area contributed by atoms with Gasteiger partial charge in [-0.2, -0.15) is 0 Å². The summed E-state index contributed by atoms with van der Waals surface area (Å²) in [6, 6.07) is 26.3. The Morgan fingerprint density at radius 2 is 1.50 bits per heavy atom. The molecule has 0 saturated carbocycles. The standard InChI is InChI=1S/C28H31FN2O/c1-20-18-31(21(2)17-30(20)19-23-9-15-27(29)16-10-23)28(25-7-5-4-6-8-25)26-13-11-24(12-14-26)22(3)32/h4-16,20-21,28H,17-19H2,1-3H3. The van der Waals surface area contributed by atoms with Gasteiger partial charge in [-0.15, -0.1) is 0 Å².